The van der Waals surface area contributed by atoms with Gasteiger partial charge in [-0.25, -0.2) is 4.98 Å². The van der Waals surface area contributed by atoms with Gasteiger partial charge in [-0.2, -0.15) is 9.97 Å². The average Bonchev–Trinajstić information content (AvgIpc) is 3.31. The summed E-state index contributed by atoms with van der Waals surface area (Å²) in [5.74, 6) is 0.543. The molecule has 2 fully saturated rings. The summed E-state index contributed by atoms with van der Waals surface area (Å²) in [6.45, 7) is 1.20. The molecule has 1 saturated carbocycles. The Hall–Kier alpha value is -1.52. The van der Waals surface area contributed by atoms with Gasteiger partial charge in [0.2, 0.25) is 5.28 Å². The first-order valence-corrected chi connectivity index (χ1v) is 9.14. The van der Waals surface area contributed by atoms with Crippen molar-refractivity contribution in [3.05, 3.63) is 11.6 Å². The second kappa shape index (κ2) is 6.58. The first kappa shape index (κ1) is 17.9. The van der Waals surface area contributed by atoms with Gasteiger partial charge in [0.1, 0.15) is 18.3 Å². The van der Waals surface area contributed by atoms with Crippen molar-refractivity contribution in [2.24, 2.45) is 0 Å². The second-order valence-electron chi connectivity index (χ2n) is 7.08. The zero-order valence-corrected chi connectivity index (χ0v) is 15.1. The van der Waals surface area contributed by atoms with Gasteiger partial charge in [-0.15, -0.1) is 0 Å². The number of hydrogen-bond donors (Lipinski definition) is 4. The van der Waals surface area contributed by atoms with Crippen molar-refractivity contribution in [1.29, 1.82) is 0 Å². The predicted octanol–water partition coefficient (Wildman–Crippen LogP) is 0.620. The fraction of sp³-hybridized carbons (Fsp3) is 0.688. The Labute approximate surface area is 155 Å². The van der Waals surface area contributed by atoms with E-state index in [-0.39, 0.29) is 5.28 Å². The van der Waals surface area contributed by atoms with Crippen LogP contribution in [0.2, 0.25) is 5.28 Å². The van der Waals surface area contributed by atoms with Crippen molar-refractivity contribution in [2.45, 2.75) is 62.7 Å². The topological polar surface area (TPSA) is 126 Å². The van der Waals surface area contributed by atoms with Gasteiger partial charge in [0.05, 0.1) is 12.9 Å². The van der Waals surface area contributed by atoms with Crippen LogP contribution < -0.4 is 5.32 Å². The summed E-state index contributed by atoms with van der Waals surface area (Å²) in [5, 5.41) is 33.4. The second-order valence-corrected chi connectivity index (χ2v) is 7.42. The fourth-order valence-corrected chi connectivity index (χ4v) is 4.04. The summed E-state index contributed by atoms with van der Waals surface area (Å²) in [5.41, 5.74) is -0.442. The van der Waals surface area contributed by atoms with E-state index in [9.17, 15) is 15.3 Å². The molecule has 0 bridgehead atoms. The largest absolute Gasteiger partial charge is 0.394 e. The number of hydrogen-bond acceptors (Lipinski definition) is 8. The van der Waals surface area contributed by atoms with Gasteiger partial charge < -0.3 is 25.4 Å². The maximum Gasteiger partial charge on any atom is 0.226 e. The highest BCUT2D eigenvalue weighted by atomic mass is 35.5. The molecular formula is C16H22ClN5O4. The van der Waals surface area contributed by atoms with Gasteiger partial charge >= 0.3 is 0 Å². The highest BCUT2D eigenvalue weighted by molar-refractivity contribution is 6.28. The minimum absolute atomic E-state index is 0.0510. The van der Waals surface area contributed by atoms with Gasteiger partial charge in [0.25, 0.3) is 0 Å². The van der Waals surface area contributed by atoms with E-state index < -0.39 is 30.6 Å². The Morgan fingerprint density at radius 1 is 1.35 bits per heavy atom. The number of aliphatic hydroxyl groups excluding tert-OH is 3. The molecule has 0 aromatic carbocycles. The molecule has 0 unspecified atom stereocenters. The van der Waals surface area contributed by atoms with E-state index >= 15 is 0 Å². The van der Waals surface area contributed by atoms with E-state index in [1.165, 1.54) is 23.7 Å². The van der Waals surface area contributed by atoms with E-state index in [4.69, 9.17) is 16.3 Å². The molecule has 4 N–H and O–H groups in total. The van der Waals surface area contributed by atoms with E-state index in [1.807, 2.05) is 0 Å². The number of rotatable bonds is 4. The van der Waals surface area contributed by atoms with Crippen LogP contribution in [0.4, 0.5) is 5.82 Å². The molecule has 2 aliphatic rings. The molecule has 10 heteroatoms. The smallest absolute Gasteiger partial charge is 0.226 e. The third-order valence-corrected chi connectivity index (χ3v) is 5.54. The SMILES string of the molecule is C[C@@]1(n2cnc3c(NC4CCCC4)nc(Cl)nc32)O[C@H](CO)[C@@H](O)[C@H]1O. The van der Waals surface area contributed by atoms with Crippen molar-refractivity contribution in [3.63, 3.8) is 0 Å². The van der Waals surface area contributed by atoms with Crippen molar-refractivity contribution >= 4 is 28.6 Å². The highest BCUT2D eigenvalue weighted by Crippen LogP contribution is 2.38. The van der Waals surface area contributed by atoms with Crippen LogP contribution in [0.1, 0.15) is 32.6 Å². The summed E-state index contributed by atoms with van der Waals surface area (Å²) in [4.78, 5) is 12.9. The number of anilines is 1. The first-order chi connectivity index (χ1) is 12.4. The Bertz CT molecular complexity index is 811. The standard InChI is InChI=1S/C16H22ClN5O4/c1-16(12(25)11(24)9(6-23)26-16)22-7-18-10-13(19-8-4-2-3-5-8)20-15(17)21-14(10)22/h7-9,11-12,23-25H,2-6H2,1H3,(H,19,20,21)/t9-,11-,12-,16-/m1/s1. The molecule has 0 spiro atoms. The van der Waals surface area contributed by atoms with Crippen molar-refractivity contribution in [1.82, 2.24) is 19.5 Å². The molecule has 0 radical (unpaired) electrons. The Morgan fingerprint density at radius 3 is 2.73 bits per heavy atom. The van der Waals surface area contributed by atoms with Crippen LogP contribution in [0, 0.1) is 0 Å². The van der Waals surface area contributed by atoms with E-state index in [0.29, 0.717) is 23.0 Å². The number of imidazole rings is 1. The van der Waals surface area contributed by atoms with E-state index in [2.05, 4.69) is 20.3 Å². The Balaban J connectivity index is 1.76. The molecule has 1 aliphatic carbocycles. The van der Waals surface area contributed by atoms with Crippen LogP contribution in [-0.4, -0.2) is 65.8 Å². The molecule has 142 valence electrons. The zero-order valence-electron chi connectivity index (χ0n) is 14.3. The molecule has 3 heterocycles. The van der Waals surface area contributed by atoms with E-state index in [1.54, 1.807) is 6.92 Å². The number of ether oxygens (including phenoxy) is 1. The first-order valence-electron chi connectivity index (χ1n) is 8.76. The van der Waals surface area contributed by atoms with Gasteiger partial charge in [0.15, 0.2) is 22.7 Å². The molecule has 9 nitrogen and oxygen atoms in total. The van der Waals surface area contributed by atoms with Gasteiger partial charge in [-0.05, 0) is 31.4 Å². The number of fused-ring (bicyclic) bond motifs is 1. The normalized spacial score (nSPS) is 32.6. The number of halogens is 1. The number of nitrogens with zero attached hydrogens (tertiary/aromatic N) is 4. The summed E-state index contributed by atoms with van der Waals surface area (Å²) >= 11 is 6.12. The maximum atomic E-state index is 10.5. The van der Waals surface area contributed by atoms with Crippen LogP contribution in [0.15, 0.2) is 6.33 Å². The van der Waals surface area contributed by atoms with Crippen LogP contribution in [0.25, 0.3) is 11.2 Å². The Kier molecular flexibility index (Phi) is 4.52. The van der Waals surface area contributed by atoms with Crippen molar-refractivity contribution < 1.29 is 20.1 Å². The number of nitrogens with one attached hydrogen (secondary N) is 1. The molecule has 4 atom stereocenters. The molecule has 2 aromatic rings. The predicted molar refractivity (Wildman–Crippen MR) is 93.8 cm³/mol. The summed E-state index contributed by atoms with van der Waals surface area (Å²) in [6.07, 6.45) is 2.56. The summed E-state index contributed by atoms with van der Waals surface area (Å²) in [7, 11) is 0. The van der Waals surface area contributed by atoms with Crippen LogP contribution in [-0.2, 0) is 10.5 Å². The van der Waals surface area contributed by atoms with Gasteiger partial charge in [-0.3, -0.25) is 4.57 Å². The third-order valence-electron chi connectivity index (χ3n) is 5.37. The molecule has 1 aliphatic heterocycles. The van der Waals surface area contributed by atoms with Gasteiger partial charge in [-0.1, -0.05) is 12.8 Å². The summed E-state index contributed by atoms with van der Waals surface area (Å²) in [6, 6.07) is 0.318. The lowest BCUT2D eigenvalue weighted by Gasteiger charge is -2.29. The van der Waals surface area contributed by atoms with Crippen LogP contribution >= 0.6 is 11.6 Å². The summed E-state index contributed by atoms with van der Waals surface area (Å²) < 4.78 is 7.26. The fourth-order valence-electron chi connectivity index (χ4n) is 3.87. The van der Waals surface area contributed by atoms with E-state index in [0.717, 1.165) is 12.8 Å². The van der Waals surface area contributed by atoms with Crippen LogP contribution in [0.3, 0.4) is 0 Å². The zero-order chi connectivity index (χ0) is 18.5. The quantitative estimate of drug-likeness (QED) is 0.566. The minimum Gasteiger partial charge on any atom is -0.394 e. The lowest BCUT2D eigenvalue weighted by Crippen LogP contribution is -2.43. The van der Waals surface area contributed by atoms with Crippen molar-refractivity contribution in [3.8, 4) is 0 Å². The maximum absolute atomic E-state index is 10.5. The number of aromatic nitrogens is 4. The Morgan fingerprint density at radius 2 is 2.08 bits per heavy atom. The molecule has 4 rings (SSSR count). The average molecular weight is 384 g/mol. The molecule has 1 saturated heterocycles. The molecular weight excluding hydrogens is 362 g/mol. The lowest BCUT2D eigenvalue weighted by atomic mass is 10.0. The third kappa shape index (κ3) is 2.74. The molecule has 26 heavy (non-hydrogen) atoms. The van der Waals surface area contributed by atoms with Crippen LogP contribution in [0.5, 0.6) is 0 Å². The number of aliphatic hydroxyl groups is 3. The molecule has 2 aromatic heterocycles. The van der Waals surface area contributed by atoms with Crippen molar-refractivity contribution in [2.75, 3.05) is 11.9 Å². The highest BCUT2D eigenvalue weighted by Gasteiger charge is 2.53. The van der Waals surface area contributed by atoms with Gasteiger partial charge in [0, 0.05) is 6.04 Å². The molecule has 0 amide bonds. The lowest BCUT2D eigenvalue weighted by molar-refractivity contribution is -0.132. The minimum atomic E-state index is -1.34. The monoisotopic (exact) mass is 383 g/mol.